The fourth-order valence-corrected chi connectivity index (χ4v) is 5.68. The molecule has 0 spiro atoms. The second-order valence-electron chi connectivity index (χ2n) is 8.57. The molecular formula is C24H21N5O13S3. The fourth-order valence-electron chi connectivity index (χ4n) is 3.88. The molecule has 0 atom stereocenters. The first kappa shape index (κ1) is 33.3. The van der Waals surface area contributed by atoms with Crippen molar-refractivity contribution in [3.63, 3.8) is 0 Å². The van der Waals surface area contributed by atoms with Gasteiger partial charge >= 0.3 is 0 Å². The summed E-state index contributed by atoms with van der Waals surface area (Å²) in [5, 5.41) is 49.1. The molecule has 45 heavy (non-hydrogen) atoms. The van der Waals surface area contributed by atoms with Crippen molar-refractivity contribution in [1.82, 2.24) is 0 Å². The number of nitrogen functional groups attached to an aromatic ring is 1. The summed E-state index contributed by atoms with van der Waals surface area (Å²) in [6, 6.07) is 8.91. The maximum absolute atomic E-state index is 12.1. The lowest BCUT2D eigenvalue weighted by atomic mass is 10.1. The molecular weight excluding hydrogens is 662 g/mol. The minimum absolute atomic E-state index is 0.0843. The molecule has 0 bridgehead atoms. The summed E-state index contributed by atoms with van der Waals surface area (Å²) in [6.07, 6.45) is 0. The third kappa shape index (κ3) is 7.21. The quantitative estimate of drug-likeness (QED) is 0.0280. The van der Waals surface area contributed by atoms with E-state index < -0.39 is 41.5 Å². The number of azo groups is 2. The van der Waals surface area contributed by atoms with Gasteiger partial charge in [-0.2, -0.15) is 16.8 Å². The summed E-state index contributed by atoms with van der Waals surface area (Å²) in [5.41, 5.74) is 4.57. The van der Waals surface area contributed by atoms with Crippen LogP contribution in [0, 0.1) is 0 Å². The lowest BCUT2D eigenvalue weighted by molar-refractivity contribution is -0.432. The molecule has 0 saturated heterocycles. The minimum Gasteiger partial charge on any atom is -0.506 e. The first-order valence-electron chi connectivity index (χ1n) is 11.8. The zero-order valence-corrected chi connectivity index (χ0v) is 25.2. The topological polar surface area (TPSA) is 282 Å². The molecule has 0 aliphatic rings. The number of hydrogen-bond donors (Lipinski definition) is 6. The van der Waals surface area contributed by atoms with Gasteiger partial charge < -0.3 is 25.4 Å². The van der Waals surface area contributed by atoms with Crippen LogP contribution in [0.15, 0.2) is 83.7 Å². The Kier molecular flexibility index (Phi) is 9.74. The normalized spacial score (nSPS) is 12.4. The molecule has 7 N–H and O–H groups in total. The van der Waals surface area contributed by atoms with Crippen LogP contribution in [0.5, 0.6) is 23.0 Å². The van der Waals surface area contributed by atoms with Crippen LogP contribution in [0.1, 0.15) is 0 Å². The molecule has 0 aliphatic carbocycles. The monoisotopic (exact) mass is 683 g/mol. The third-order valence-corrected chi connectivity index (χ3v) is 8.32. The Morgan fingerprint density at radius 2 is 1.36 bits per heavy atom. The van der Waals surface area contributed by atoms with Gasteiger partial charge in [0.15, 0.2) is 17.2 Å². The molecule has 0 fully saturated rings. The molecule has 4 aromatic rings. The molecule has 0 aromatic heterocycles. The van der Waals surface area contributed by atoms with Crippen molar-refractivity contribution < 1.29 is 60.3 Å². The van der Waals surface area contributed by atoms with Crippen LogP contribution in [0.3, 0.4) is 0 Å². The van der Waals surface area contributed by atoms with Gasteiger partial charge in [-0.05, 0) is 36.4 Å². The molecule has 0 radical (unpaired) electrons. The number of phenols is 2. The summed E-state index contributed by atoms with van der Waals surface area (Å²) in [7, 11) is -6.86. The number of anilines is 1. The summed E-state index contributed by atoms with van der Waals surface area (Å²) in [6.45, 7) is 0. The van der Waals surface area contributed by atoms with Crippen LogP contribution in [0.2, 0.25) is 0 Å². The van der Waals surface area contributed by atoms with Gasteiger partial charge in [-0.1, -0.05) is 5.04 Å². The van der Waals surface area contributed by atoms with E-state index in [1.54, 1.807) is 0 Å². The zero-order chi connectivity index (χ0) is 33.1. The van der Waals surface area contributed by atoms with E-state index in [9.17, 15) is 36.2 Å². The Morgan fingerprint density at radius 1 is 0.756 bits per heavy atom. The van der Waals surface area contributed by atoms with E-state index in [4.69, 9.17) is 20.5 Å². The van der Waals surface area contributed by atoms with Crippen molar-refractivity contribution in [3.05, 3.63) is 48.5 Å². The zero-order valence-electron chi connectivity index (χ0n) is 22.7. The van der Waals surface area contributed by atoms with Crippen LogP contribution in [-0.4, -0.2) is 55.6 Å². The molecule has 0 amide bonds. The summed E-state index contributed by atoms with van der Waals surface area (Å²) < 4.78 is 81.3. The van der Waals surface area contributed by atoms with Crippen molar-refractivity contribution >= 4 is 71.5 Å². The van der Waals surface area contributed by atoms with Gasteiger partial charge in [0.1, 0.15) is 33.4 Å². The number of methoxy groups -OCH3 is 2. The predicted octanol–water partition coefficient (Wildman–Crippen LogP) is 5.60. The standard InChI is InChI=1S/C24H21N5O13S3/c1-39-19-9-15(26-28-17-7-11(44(33,34)35)3-6-18(17)30)16(10-20(19)40-2)27-29-22-21(43-42-41-32)8-13-12(23(22)31)4-5-14(25)24(13)45(36,37)38/h3-10,30-32H,25H2,1-2H3,(H,33,34,35)(H,36,37,38). The molecule has 4 aromatic carbocycles. The van der Waals surface area contributed by atoms with Gasteiger partial charge in [-0.25, -0.2) is 5.26 Å². The Bertz CT molecular complexity index is 2070. The number of benzene rings is 4. The van der Waals surface area contributed by atoms with Crippen molar-refractivity contribution in [2.45, 2.75) is 14.7 Å². The van der Waals surface area contributed by atoms with Gasteiger partial charge in [-0.3, -0.25) is 9.11 Å². The third-order valence-electron chi connectivity index (χ3n) is 5.88. The van der Waals surface area contributed by atoms with Gasteiger partial charge in [0.05, 0.1) is 41.7 Å². The highest BCUT2D eigenvalue weighted by molar-refractivity contribution is 7.94. The number of nitrogens with two attached hydrogens (primary N) is 1. The van der Waals surface area contributed by atoms with Crippen molar-refractivity contribution in [3.8, 4) is 23.0 Å². The SMILES string of the molecule is COc1cc(N=Nc2cc(S(=O)(=O)O)ccc2O)c(N=Nc2c(SOOO)cc3c(S(=O)(=O)O)c(N)ccc3c2O)cc1OC. The van der Waals surface area contributed by atoms with Crippen LogP contribution < -0.4 is 15.2 Å². The largest absolute Gasteiger partial charge is 0.506 e. The highest BCUT2D eigenvalue weighted by atomic mass is 32.2. The van der Waals surface area contributed by atoms with Crippen molar-refractivity contribution in [1.29, 1.82) is 0 Å². The van der Waals surface area contributed by atoms with E-state index in [1.807, 2.05) is 0 Å². The molecule has 0 aliphatic heterocycles. The Labute approximate surface area is 257 Å². The maximum Gasteiger partial charge on any atom is 0.297 e. The summed E-state index contributed by atoms with van der Waals surface area (Å²) >= 11 is 0.280. The number of phenolic OH excluding ortho intramolecular Hbond substituents is 2. The van der Waals surface area contributed by atoms with Crippen LogP contribution in [0.25, 0.3) is 10.8 Å². The highest BCUT2D eigenvalue weighted by Crippen LogP contribution is 2.48. The molecule has 0 saturated carbocycles. The van der Waals surface area contributed by atoms with Crippen LogP contribution in [0.4, 0.5) is 28.4 Å². The van der Waals surface area contributed by atoms with E-state index >= 15 is 0 Å². The summed E-state index contributed by atoms with van der Waals surface area (Å²) in [5.74, 6) is -0.839. The Balaban J connectivity index is 1.91. The van der Waals surface area contributed by atoms with E-state index in [0.29, 0.717) is 0 Å². The number of ether oxygens (including phenoxy) is 2. The first-order valence-corrected chi connectivity index (χ1v) is 15.4. The lowest BCUT2D eigenvalue weighted by Gasteiger charge is -2.13. The minimum atomic E-state index is -4.88. The summed E-state index contributed by atoms with van der Waals surface area (Å²) in [4.78, 5) is -1.45. The number of rotatable bonds is 11. The number of nitrogens with zero attached hydrogens (tertiary/aromatic N) is 4. The number of fused-ring (bicyclic) bond motifs is 1. The van der Waals surface area contributed by atoms with Gasteiger partial charge in [0.2, 0.25) is 0 Å². The van der Waals surface area contributed by atoms with E-state index in [-0.39, 0.29) is 67.6 Å². The Morgan fingerprint density at radius 3 is 1.91 bits per heavy atom. The van der Waals surface area contributed by atoms with E-state index in [0.717, 1.165) is 30.3 Å². The van der Waals surface area contributed by atoms with Crippen LogP contribution >= 0.6 is 12.0 Å². The van der Waals surface area contributed by atoms with Crippen LogP contribution in [-0.2, 0) is 29.6 Å². The average Bonchev–Trinajstić information content (AvgIpc) is 2.97. The molecule has 21 heteroatoms. The van der Waals surface area contributed by atoms with Gasteiger partial charge in [-0.15, -0.1) is 24.8 Å². The average molecular weight is 684 g/mol. The maximum atomic E-state index is 12.1. The highest BCUT2D eigenvalue weighted by Gasteiger charge is 2.24. The van der Waals surface area contributed by atoms with Gasteiger partial charge in [0, 0.05) is 22.9 Å². The van der Waals surface area contributed by atoms with E-state index in [2.05, 4.69) is 29.8 Å². The fraction of sp³-hybridized carbons (Fsp3) is 0.0833. The molecule has 18 nitrogen and oxygen atoms in total. The predicted molar refractivity (Wildman–Crippen MR) is 156 cm³/mol. The molecule has 238 valence electrons. The van der Waals surface area contributed by atoms with Crippen molar-refractivity contribution in [2.75, 3.05) is 20.0 Å². The van der Waals surface area contributed by atoms with E-state index in [1.165, 1.54) is 32.4 Å². The second kappa shape index (κ2) is 13.2. The number of aromatic hydroxyl groups is 2. The molecule has 0 unspecified atom stereocenters. The van der Waals surface area contributed by atoms with Crippen molar-refractivity contribution in [2.24, 2.45) is 20.5 Å². The van der Waals surface area contributed by atoms with Gasteiger partial charge in [0.25, 0.3) is 20.2 Å². The lowest BCUT2D eigenvalue weighted by Crippen LogP contribution is -2.04. The second-order valence-corrected chi connectivity index (χ2v) is 12.1. The molecule has 0 heterocycles. The first-order chi connectivity index (χ1) is 21.2. The Hall–Kier alpha value is -4.61. The number of hydrogen-bond acceptors (Lipinski definition) is 17. The smallest absolute Gasteiger partial charge is 0.297 e. The molecule has 4 rings (SSSR count).